The summed E-state index contributed by atoms with van der Waals surface area (Å²) in [7, 11) is 0. The monoisotopic (exact) mass is 286 g/mol. The molecule has 22 heavy (non-hydrogen) atoms. The highest BCUT2D eigenvalue weighted by Crippen LogP contribution is 2.24. The van der Waals surface area contributed by atoms with Crippen LogP contribution in [0.5, 0.6) is 0 Å². The molecular weight excluding hydrogens is 272 g/mol. The number of rotatable bonds is 2. The summed E-state index contributed by atoms with van der Waals surface area (Å²) in [6.45, 7) is 0. The number of nitrogens with two attached hydrogens (primary N) is 1. The van der Waals surface area contributed by atoms with E-state index >= 15 is 0 Å². The Hall–Kier alpha value is -3.14. The van der Waals surface area contributed by atoms with Gasteiger partial charge in [-0.3, -0.25) is 0 Å². The SMILES string of the molecule is Nc1ccc(-c2ccc3nn(-c4ccccc4)nc3c2)cc1. The fraction of sp³-hybridized carbons (Fsp3) is 0. The van der Waals surface area contributed by atoms with Gasteiger partial charge in [0, 0.05) is 5.69 Å². The summed E-state index contributed by atoms with van der Waals surface area (Å²) >= 11 is 0. The van der Waals surface area contributed by atoms with Crippen LogP contribution in [-0.2, 0) is 0 Å². The predicted molar refractivity (Wildman–Crippen MR) is 88.7 cm³/mol. The number of benzene rings is 3. The minimum Gasteiger partial charge on any atom is -0.399 e. The van der Waals surface area contributed by atoms with Crippen molar-refractivity contribution < 1.29 is 0 Å². The molecule has 2 N–H and O–H groups in total. The van der Waals surface area contributed by atoms with E-state index in [0.29, 0.717) is 0 Å². The summed E-state index contributed by atoms with van der Waals surface area (Å²) < 4.78 is 0. The van der Waals surface area contributed by atoms with E-state index in [1.54, 1.807) is 4.80 Å². The van der Waals surface area contributed by atoms with Gasteiger partial charge in [0.15, 0.2) is 0 Å². The molecule has 0 aliphatic carbocycles. The topological polar surface area (TPSA) is 56.7 Å². The van der Waals surface area contributed by atoms with Crippen molar-refractivity contribution >= 4 is 16.7 Å². The molecule has 0 aliphatic heterocycles. The van der Waals surface area contributed by atoms with Crippen LogP contribution in [0.2, 0.25) is 0 Å². The van der Waals surface area contributed by atoms with Crippen LogP contribution < -0.4 is 5.73 Å². The third-order valence-electron chi connectivity index (χ3n) is 3.61. The highest BCUT2D eigenvalue weighted by Gasteiger charge is 2.06. The van der Waals surface area contributed by atoms with Crippen LogP contribution in [0.15, 0.2) is 72.8 Å². The summed E-state index contributed by atoms with van der Waals surface area (Å²) in [6.07, 6.45) is 0. The highest BCUT2D eigenvalue weighted by atomic mass is 15.5. The van der Waals surface area contributed by atoms with Gasteiger partial charge in [-0.2, -0.15) is 4.80 Å². The van der Waals surface area contributed by atoms with Crippen LogP contribution in [0.1, 0.15) is 0 Å². The van der Waals surface area contributed by atoms with Gasteiger partial charge in [-0.15, -0.1) is 10.2 Å². The van der Waals surface area contributed by atoms with Crippen LogP contribution in [0.3, 0.4) is 0 Å². The van der Waals surface area contributed by atoms with E-state index in [0.717, 1.165) is 33.5 Å². The molecule has 0 saturated heterocycles. The van der Waals surface area contributed by atoms with Crippen molar-refractivity contribution in [1.82, 2.24) is 15.0 Å². The molecule has 0 saturated carbocycles. The fourth-order valence-electron chi connectivity index (χ4n) is 2.45. The average Bonchev–Trinajstić information content (AvgIpc) is 2.99. The quantitative estimate of drug-likeness (QED) is 0.572. The average molecular weight is 286 g/mol. The molecule has 0 radical (unpaired) electrons. The molecular formula is C18H14N4. The lowest BCUT2D eigenvalue weighted by Crippen LogP contribution is -1.97. The first kappa shape index (κ1) is 12.6. The smallest absolute Gasteiger partial charge is 0.114 e. The molecule has 0 spiro atoms. The molecule has 4 aromatic rings. The van der Waals surface area contributed by atoms with Crippen molar-refractivity contribution in [2.24, 2.45) is 0 Å². The van der Waals surface area contributed by atoms with Gasteiger partial charge in [-0.1, -0.05) is 36.4 Å². The maximum atomic E-state index is 5.74. The number of hydrogen-bond acceptors (Lipinski definition) is 3. The first-order valence-electron chi connectivity index (χ1n) is 7.08. The highest BCUT2D eigenvalue weighted by molar-refractivity contribution is 5.81. The first-order valence-corrected chi connectivity index (χ1v) is 7.08. The number of para-hydroxylation sites is 1. The number of hydrogen-bond donors (Lipinski definition) is 1. The lowest BCUT2D eigenvalue weighted by atomic mass is 10.0. The molecule has 4 heteroatoms. The molecule has 4 nitrogen and oxygen atoms in total. The minimum absolute atomic E-state index is 0.764. The second-order valence-electron chi connectivity index (χ2n) is 5.15. The van der Waals surface area contributed by atoms with Gasteiger partial charge in [0.1, 0.15) is 11.0 Å². The van der Waals surface area contributed by atoms with E-state index in [2.05, 4.69) is 16.3 Å². The van der Waals surface area contributed by atoms with E-state index in [1.165, 1.54) is 0 Å². The van der Waals surface area contributed by atoms with Crippen molar-refractivity contribution in [3.63, 3.8) is 0 Å². The van der Waals surface area contributed by atoms with E-state index in [9.17, 15) is 0 Å². The van der Waals surface area contributed by atoms with Crippen LogP contribution in [0.4, 0.5) is 5.69 Å². The largest absolute Gasteiger partial charge is 0.399 e. The molecule has 4 rings (SSSR count). The van der Waals surface area contributed by atoms with E-state index in [4.69, 9.17) is 5.73 Å². The predicted octanol–water partition coefficient (Wildman–Crippen LogP) is 3.67. The number of nitrogens with zero attached hydrogens (tertiary/aromatic N) is 3. The first-order chi connectivity index (χ1) is 10.8. The zero-order valence-corrected chi connectivity index (χ0v) is 11.8. The number of aromatic nitrogens is 3. The van der Waals surface area contributed by atoms with Crippen LogP contribution in [-0.4, -0.2) is 15.0 Å². The summed E-state index contributed by atoms with van der Waals surface area (Å²) in [5.41, 5.74) is 11.4. The van der Waals surface area contributed by atoms with Crippen molar-refractivity contribution in [2.45, 2.75) is 0 Å². The Morgan fingerprint density at radius 1 is 0.682 bits per heavy atom. The molecule has 0 fully saturated rings. The number of nitrogen functional groups attached to an aromatic ring is 1. The summed E-state index contributed by atoms with van der Waals surface area (Å²) in [5, 5.41) is 9.08. The van der Waals surface area contributed by atoms with Crippen molar-refractivity contribution in [1.29, 1.82) is 0 Å². The van der Waals surface area contributed by atoms with E-state index in [-0.39, 0.29) is 0 Å². The van der Waals surface area contributed by atoms with Gasteiger partial charge in [0.25, 0.3) is 0 Å². The van der Waals surface area contributed by atoms with E-state index < -0.39 is 0 Å². The summed E-state index contributed by atoms with van der Waals surface area (Å²) in [6, 6.07) is 23.8. The molecule has 0 bridgehead atoms. The number of anilines is 1. The Labute approximate surface area is 127 Å². The van der Waals surface area contributed by atoms with Gasteiger partial charge < -0.3 is 5.73 Å². The maximum absolute atomic E-state index is 5.74. The van der Waals surface area contributed by atoms with Crippen LogP contribution in [0.25, 0.3) is 27.8 Å². The van der Waals surface area contributed by atoms with Crippen molar-refractivity contribution in [3.8, 4) is 16.8 Å². The van der Waals surface area contributed by atoms with Crippen LogP contribution in [0, 0.1) is 0 Å². The molecule has 0 amide bonds. The van der Waals surface area contributed by atoms with Gasteiger partial charge in [0.05, 0.1) is 5.69 Å². The Morgan fingerprint density at radius 2 is 1.36 bits per heavy atom. The fourth-order valence-corrected chi connectivity index (χ4v) is 2.45. The maximum Gasteiger partial charge on any atom is 0.114 e. The molecule has 1 heterocycles. The summed E-state index contributed by atoms with van der Waals surface area (Å²) in [5.74, 6) is 0. The van der Waals surface area contributed by atoms with Crippen LogP contribution >= 0.6 is 0 Å². The van der Waals surface area contributed by atoms with Gasteiger partial charge in [0.2, 0.25) is 0 Å². The second-order valence-corrected chi connectivity index (χ2v) is 5.15. The lowest BCUT2D eigenvalue weighted by molar-refractivity contribution is 0.766. The second kappa shape index (κ2) is 5.00. The standard InChI is InChI=1S/C18H14N4/c19-15-9-6-13(7-10-15)14-8-11-17-18(12-14)21-22(20-17)16-4-2-1-3-5-16/h1-12H,19H2. The molecule has 0 unspecified atom stereocenters. The Balaban J connectivity index is 1.80. The summed E-state index contributed by atoms with van der Waals surface area (Å²) in [4.78, 5) is 1.66. The molecule has 0 atom stereocenters. The normalized spacial score (nSPS) is 10.9. The number of fused-ring (bicyclic) bond motifs is 1. The molecule has 3 aromatic carbocycles. The van der Waals surface area contributed by atoms with Gasteiger partial charge in [-0.25, -0.2) is 0 Å². The van der Waals surface area contributed by atoms with E-state index in [1.807, 2.05) is 66.7 Å². The van der Waals surface area contributed by atoms with Gasteiger partial charge >= 0.3 is 0 Å². The van der Waals surface area contributed by atoms with Crippen molar-refractivity contribution in [2.75, 3.05) is 5.73 Å². The van der Waals surface area contributed by atoms with Gasteiger partial charge in [-0.05, 0) is 47.5 Å². The molecule has 0 aliphatic rings. The zero-order chi connectivity index (χ0) is 14.9. The zero-order valence-electron chi connectivity index (χ0n) is 11.8. The molecule has 1 aromatic heterocycles. The molecule has 106 valence electrons. The minimum atomic E-state index is 0.764. The lowest BCUT2D eigenvalue weighted by Gasteiger charge is -2.01. The Morgan fingerprint density at radius 3 is 2.14 bits per heavy atom. The Kier molecular flexibility index (Phi) is 2.86. The van der Waals surface area contributed by atoms with Crippen molar-refractivity contribution in [3.05, 3.63) is 72.8 Å². The third-order valence-corrected chi connectivity index (χ3v) is 3.61. The Bertz CT molecular complexity index is 924. The third kappa shape index (κ3) is 2.20.